The summed E-state index contributed by atoms with van der Waals surface area (Å²) in [6.45, 7) is 2.89. The van der Waals surface area contributed by atoms with E-state index in [1.165, 1.54) is 0 Å². The normalized spacial score (nSPS) is 13.2. The zero-order valence-corrected chi connectivity index (χ0v) is 25.0. The third kappa shape index (κ3) is 7.93. The monoisotopic (exact) mass is 597 g/mol. The molecule has 0 bridgehead atoms. The van der Waals surface area contributed by atoms with Crippen molar-refractivity contribution < 1.29 is 23.9 Å². The van der Waals surface area contributed by atoms with Crippen LogP contribution in [0.2, 0.25) is 0 Å². The first-order chi connectivity index (χ1) is 21.0. The topological polar surface area (TPSA) is 99.5 Å². The standard InChI is InChI=1S/C34H35N3O5S/c1-2-41-33(39)17-18-36-34(40)25-11-13-26(14-12-25)43-22-29-27-9-6-10-30(38)28(27)15-16-31(29)42-32(21-37-20-19-35-23-37)24-7-4-3-5-8-24/h3-5,7-8,11-16,19-20,23,32H,2,6,9-10,17-18,21-22H2,1H3,(H,36,40). The maximum Gasteiger partial charge on any atom is 0.307 e. The van der Waals surface area contributed by atoms with Crippen LogP contribution in [-0.2, 0) is 28.2 Å². The van der Waals surface area contributed by atoms with E-state index in [4.69, 9.17) is 9.47 Å². The number of Topliss-reactive ketones (excluding diaryl/α,β-unsaturated/α-hetero) is 1. The van der Waals surface area contributed by atoms with Crippen LogP contribution in [0.4, 0.5) is 0 Å². The molecule has 0 saturated carbocycles. The summed E-state index contributed by atoms with van der Waals surface area (Å²) in [6, 6.07) is 21.4. The predicted octanol–water partition coefficient (Wildman–Crippen LogP) is 6.20. The highest BCUT2D eigenvalue weighted by molar-refractivity contribution is 7.98. The van der Waals surface area contributed by atoms with E-state index in [0.717, 1.165) is 45.7 Å². The molecule has 1 aromatic heterocycles. The van der Waals surface area contributed by atoms with Gasteiger partial charge < -0.3 is 19.4 Å². The second kappa shape index (κ2) is 14.7. The van der Waals surface area contributed by atoms with Crippen LogP contribution in [0.3, 0.4) is 0 Å². The SMILES string of the molecule is CCOC(=O)CCNC(=O)c1ccc(SCc2c(OC(Cn3ccnc3)c3ccccc3)ccc3c2CCCC3=O)cc1. The van der Waals surface area contributed by atoms with Crippen LogP contribution in [0, 0.1) is 0 Å². The van der Waals surface area contributed by atoms with Gasteiger partial charge in [0.15, 0.2) is 5.78 Å². The Hall–Kier alpha value is -4.37. The van der Waals surface area contributed by atoms with E-state index in [-0.39, 0.29) is 36.7 Å². The number of hydrogen-bond donors (Lipinski definition) is 1. The first-order valence-corrected chi connectivity index (χ1v) is 15.5. The van der Waals surface area contributed by atoms with Gasteiger partial charge >= 0.3 is 5.97 Å². The van der Waals surface area contributed by atoms with E-state index in [0.29, 0.717) is 30.9 Å². The number of fused-ring (bicyclic) bond motifs is 1. The highest BCUT2D eigenvalue weighted by Gasteiger charge is 2.25. The molecule has 8 nitrogen and oxygen atoms in total. The molecule has 1 unspecified atom stereocenters. The molecular formula is C34H35N3O5S. The highest BCUT2D eigenvalue weighted by Crippen LogP contribution is 2.38. The zero-order valence-electron chi connectivity index (χ0n) is 24.2. The van der Waals surface area contributed by atoms with Gasteiger partial charge in [0.2, 0.25) is 0 Å². The number of esters is 1. The van der Waals surface area contributed by atoms with Gasteiger partial charge in [-0.15, -0.1) is 11.8 Å². The van der Waals surface area contributed by atoms with Crippen molar-refractivity contribution in [2.24, 2.45) is 0 Å². The Bertz CT molecular complexity index is 1540. The van der Waals surface area contributed by atoms with Crippen molar-refractivity contribution in [3.8, 4) is 5.75 Å². The first kappa shape index (κ1) is 30.1. The summed E-state index contributed by atoms with van der Waals surface area (Å²) in [7, 11) is 0. The number of nitrogens with one attached hydrogen (secondary N) is 1. The Morgan fingerprint density at radius 1 is 1.05 bits per heavy atom. The molecule has 0 fully saturated rings. The molecule has 9 heteroatoms. The smallest absolute Gasteiger partial charge is 0.307 e. The molecule has 4 aromatic rings. The van der Waals surface area contributed by atoms with Crippen molar-refractivity contribution in [3.05, 3.63) is 113 Å². The largest absolute Gasteiger partial charge is 0.484 e. The van der Waals surface area contributed by atoms with Gasteiger partial charge in [-0.25, -0.2) is 4.98 Å². The van der Waals surface area contributed by atoms with E-state index in [1.807, 2.05) is 53.2 Å². The van der Waals surface area contributed by atoms with Crippen LogP contribution >= 0.6 is 11.8 Å². The second-order valence-corrected chi connectivity index (χ2v) is 11.3. The fourth-order valence-corrected chi connectivity index (χ4v) is 6.09. The van der Waals surface area contributed by atoms with Gasteiger partial charge in [-0.05, 0) is 67.3 Å². The number of amides is 1. The molecule has 0 radical (unpaired) electrons. The number of carbonyl (C=O) groups excluding carboxylic acids is 3. The number of aromatic nitrogens is 2. The van der Waals surface area contributed by atoms with E-state index >= 15 is 0 Å². The molecule has 3 aromatic carbocycles. The minimum absolute atomic E-state index is 0.134. The number of nitrogens with zero attached hydrogens (tertiary/aromatic N) is 2. The molecule has 222 valence electrons. The third-order valence-corrected chi connectivity index (χ3v) is 8.35. The molecular weight excluding hydrogens is 562 g/mol. The van der Waals surface area contributed by atoms with Crippen LogP contribution in [0.1, 0.15) is 69.7 Å². The minimum atomic E-state index is -0.334. The van der Waals surface area contributed by atoms with Gasteiger partial charge in [-0.1, -0.05) is 30.3 Å². The van der Waals surface area contributed by atoms with Crippen molar-refractivity contribution in [1.82, 2.24) is 14.9 Å². The van der Waals surface area contributed by atoms with Gasteiger partial charge in [0.05, 0.1) is 25.9 Å². The second-order valence-electron chi connectivity index (χ2n) is 10.2. The van der Waals surface area contributed by atoms with Crippen molar-refractivity contribution in [2.75, 3.05) is 13.2 Å². The number of carbonyl (C=O) groups is 3. The van der Waals surface area contributed by atoms with Crippen molar-refractivity contribution in [2.45, 2.75) is 55.9 Å². The lowest BCUT2D eigenvalue weighted by Gasteiger charge is -2.25. The van der Waals surface area contributed by atoms with Crippen LogP contribution in [0.15, 0.2) is 90.3 Å². The van der Waals surface area contributed by atoms with Crippen LogP contribution in [0.25, 0.3) is 0 Å². The van der Waals surface area contributed by atoms with Crippen LogP contribution < -0.4 is 10.1 Å². The lowest BCUT2D eigenvalue weighted by molar-refractivity contribution is -0.142. The first-order valence-electron chi connectivity index (χ1n) is 14.5. The van der Waals surface area contributed by atoms with Gasteiger partial charge in [-0.3, -0.25) is 14.4 Å². The zero-order chi connectivity index (χ0) is 30.0. The molecule has 0 aliphatic heterocycles. The molecule has 1 aliphatic carbocycles. The van der Waals surface area contributed by atoms with Crippen molar-refractivity contribution in [1.29, 1.82) is 0 Å². The number of imidazole rings is 1. The number of ketones is 1. The molecule has 1 amide bonds. The van der Waals surface area contributed by atoms with Crippen LogP contribution in [0.5, 0.6) is 5.75 Å². The van der Waals surface area contributed by atoms with E-state index < -0.39 is 0 Å². The predicted molar refractivity (Wildman–Crippen MR) is 165 cm³/mol. The van der Waals surface area contributed by atoms with E-state index in [9.17, 15) is 14.4 Å². The fourth-order valence-electron chi connectivity index (χ4n) is 5.14. The lowest BCUT2D eigenvalue weighted by atomic mass is 9.87. The summed E-state index contributed by atoms with van der Waals surface area (Å²) >= 11 is 1.64. The molecule has 5 rings (SSSR count). The Balaban J connectivity index is 1.33. The summed E-state index contributed by atoms with van der Waals surface area (Å²) in [6.07, 6.45) is 7.56. The molecule has 1 heterocycles. The molecule has 1 N–H and O–H groups in total. The summed E-state index contributed by atoms with van der Waals surface area (Å²) < 4.78 is 13.7. The number of rotatable bonds is 13. The number of ether oxygens (including phenoxy) is 2. The molecule has 43 heavy (non-hydrogen) atoms. The Labute approximate surface area is 255 Å². The number of hydrogen-bond acceptors (Lipinski definition) is 7. The quantitative estimate of drug-likeness (QED) is 0.145. The molecule has 0 spiro atoms. The fraction of sp³-hybridized carbons (Fsp3) is 0.294. The Morgan fingerprint density at radius 3 is 2.60 bits per heavy atom. The lowest BCUT2D eigenvalue weighted by Crippen LogP contribution is -2.26. The Morgan fingerprint density at radius 2 is 1.86 bits per heavy atom. The third-order valence-electron chi connectivity index (χ3n) is 7.32. The number of benzene rings is 3. The van der Waals surface area contributed by atoms with Crippen LogP contribution in [-0.4, -0.2) is 40.4 Å². The van der Waals surface area contributed by atoms with Gasteiger partial charge in [-0.2, -0.15) is 0 Å². The van der Waals surface area contributed by atoms with E-state index in [1.54, 1.807) is 43.3 Å². The molecule has 0 saturated heterocycles. The maximum absolute atomic E-state index is 12.8. The van der Waals surface area contributed by atoms with Gasteiger partial charge in [0.25, 0.3) is 5.91 Å². The molecule has 1 atom stereocenters. The van der Waals surface area contributed by atoms with E-state index in [2.05, 4.69) is 22.4 Å². The minimum Gasteiger partial charge on any atom is -0.484 e. The van der Waals surface area contributed by atoms with Gasteiger partial charge in [0.1, 0.15) is 11.9 Å². The van der Waals surface area contributed by atoms with Gasteiger partial charge in [0, 0.05) is 52.7 Å². The van der Waals surface area contributed by atoms with Crippen molar-refractivity contribution in [3.63, 3.8) is 0 Å². The summed E-state index contributed by atoms with van der Waals surface area (Å²) in [4.78, 5) is 42.0. The average Bonchev–Trinajstić information content (AvgIpc) is 3.54. The highest BCUT2D eigenvalue weighted by atomic mass is 32.2. The summed E-state index contributed by atoms with van der Waals surface area (Å²) in [5, 5.41) is 2.76. The van der Waals surface area contributed by atoms with Crippen molar-refractivity contribution >= 4 is 29.4 Å². The summed E-state index contributed by atoms with van der Waals surface area (Å²) in [5.74, 6) is 0.989. The number of thioether (sulfide) groups is 1. The summed E-state index contributed by atoms with van der Waals surface area (Å²) in [5.41, 5.74) is 4.45. The molecule has 1 aliphatic rings. The average molecular weight is 598 g/mol. The Kier molecular flexibility index (Phi) is 10.3. The maximum atomic E-state index is 12.8.